The van der Waals surface area contributed by atoms with Crippen LogP contribution in [0.25, 0.3) is 0 Å². The summed E-state index contributed by atoms with van der Waals surface area (Å²) in [5, 5.41) is 0. The number of allylic oxidation sites excluding steroid dienone is 1. The number of phosphoric acid groups is 1. The Morgan fingerprint density at radius 3 is 2.21 bits per heavy atom. The second kappa shape index (κ2) is 19.9. The molecule has 4 rings (SSSR count). The zero-order valence-corrected chi connectivity index (χ0v) is 35.0. The fraction of sp³-hybridized carbons (Fsp3) is 0.929. The number of hydrogen-bond acceptors (Lipinski definition) is 8. The van der Waals surface area contributed by atoms with Gasteiger partial charge in [-0.3, -0.25) is 13.8 Å². The largest absolute Gasteiger partial charge is 0.472 e. The van der Waals surface area contributed by atoms with E-state index in [-0.39, 0.29) is 30.7 Å². The molecule has 0 radical (unpaired) electrons. The minimum atomic E-state index is -4.09. The summed E-state index contributed by atoms with van der Waals surface area (Å²) in [6, 6.07) is 0. The van der Waals surface area contributed by atoms with Crippen molar-refractivity contribution in [1.82, 2.24) is 0 Å². The Balaban J connectivity index is 1.05. The molecule has 9 atom stereocenters. The van der Waals surface area contributed by atoms with E-state index in [0.29, 0.717) is 44.9 Å². The van der Waals surface area contributed by atoms with E-state index in [1.165, 1.54) is 51.4 Å². The Morgan fingerprint density at radius 1 is 0.865 bits per heavy atom. The molecular weight excluding hydrogens is 679 g/mol. The van der Waals surface area contributed by atoms with Gasteiger partial charge in [-0.05, 0) is 125 Å². The predicted octanol–water partition coefficient (Wildman–Crippen LogP) is 10.1. The number of ether oxygens (including phenoxy) is 4. The Kier molecular flexibility index (Phi) is 16.8. The third-order valence-corrected chi connectivity index (χ3v) is 14.4. The van der Waals surface area contributed by atoms with Gasteiger partial charge in [0.15, 0.2) is 0 Å². The molecule has 302 valence electrons. The molecule has 0 spiro atoms. The van der Waals surface area contributed by atoms with Gasteiger partial charge < -0.3 is 23.8 Å². The quantitative estimate of drug-likeness (QED) is 0.0500. The molecule has 5 unspecified atom stereocenters. The molecule has 0 aromatic rings. The topological polar surface area (TPSA) is 110 Å². The summed E-state index contributed by atoms with van der Waals surface area (Å²) in [6.45, 7) is 19.9. The minimum Gasteiger partial charge on any atom is -0.462 e. The summed E-state index contributed by atoms with van der Waals surface area (Å²) in [5.74, 6) is 4.95. The first-order valence-corrected chi connectivity index (χ1v) is 22.3. The van der Waals surface area contributed by atoms with Crippen molar-refractivity contribution < 1.29 is 42.2 Å². The summed E-state index contributed by atoms with van der Waals surface area (Å²) in [7, 11) is -4.09. The predicted molar refractivity (Wildman–Crippen MR) is 206 cm³/mol. The Hall–Kier alpha value is -0.800. The third-order valence-electron chi connectivity index (χ3n) is 13.1. The van der Waals surface area contributed by atoms with Gasteiger partial charge in [-0.1, -0.05) is 65.5 Å². The molecule has 3 fully saturated rings. The van der Waals surface area contributed by atoms with Crippen LogP contribution in [-0.2, 0) is 37.4 Å². The van der Waals surface area contributed by atoms with Crippen molar-refractivity contribution in [3.05, 3.63) is 11.6 Å². The van der Waals surface area contributed by atoms with Crippen LogP contribution < -0.4 is 0 Å². The molecule has 0 saturated heterocycles. The van der Waals surface area contributed by atoms with Crippen LogP contribution in [0.4, 0.5) is 0 Å². The molecule has 0 bridgehead atoms. The molecule has 3 saturated carbocycles. The molecule has 0 aromatic carbocycles. The van der Waals surface area contributed by atoms with Gasteiger partial charge in [-0.15, -0.1) is 0 Å². The molecule has 4 aliphatic rings. The molecule has 0 amide bonds. The zero-order chi connectivity index (χ0) is 38.0. The van der Waals surface area contributed by atoms with Crippen molar-refractivity contribution in [2.75, 3.05) is 46.2 Å². The zero-order valence-electron chi connectivity index (χ0n) is 34.1. The lowest BCUT2D eigenvalue weighted by Crippen LogP contribution is -2.51. The van der Waals surface area contributed by atoms with Crippen molar-refractivity contribution in [3.63, 3.8) is 0 Å². The van der Waals surface area contributed by atoms with Crippen LogP contribution in [0.3, 0.4) is 0 Å². The fourth-order valence-corrected chi connectivity index (χ4v) is 11.6. The number of esters is 1. The maximum atomic E-state index is 12.8. The van der Waals surface area contributed by atoms with Gasteiger partial charge in [-0.2, -0.15) is 0 Å². The highest BCUT2D eigenvalue weighted by molar-refractivity contribution is 7.47. The average Bonchev–Trinajstić information content (AvgIpc) is 3.41. The molecule has 0 aliphatic heterocycles. The van der Waals surface area contributed by atoms with E-state index in [4.69, 9.17) is 28.0 Å². The lowest BCUT2D eigenvalue weighted by Gasteiger charge is -2.58. The first kappa shape index (κ1) is 43.9. The first-order chi connectivity index (χ1) is 24.5. The fourth-order valence-electron chi connectivity index (χ4n) is 10.6. The van der Waals surface area contributed by atoms with E-state index in [1.54, 1.807) is 26.3 Å². The Labute approximate surface area is 316 Å². The standard InChI is InChI=1S/C42H75O9P/c1-31(2)12-11-13-32(3)36-17-18-37-35-16-15-33-30-34(19-21-41(33,7)38(35)20-22-42(36,37)8)50-39(43)14-9-10-23-46-24-25-47-26-27-48-28-29-49-52(44,45)51-40(4,5)6/h15,31-32,34-38H,9-14,16-30H2,1-8H3,(H,44,45)/t32-,34+,35?,36?,37?,38?,41+,42-/m1/s1. The minimum absolute atomic E-state index is 0.0172. The lowest BCUT2D eigenvalue weighted by molar-refractivity contribution is -0.151. The van der Waals surface area contributed by atoms with Gasteiger partial charge in [0.05, 0.1) is 45.2 Å². The van der Waals surface area contributed by atoms with Crippen molar-refractivity contribution in [2.24, 2.45) is 46.3 Å². The summed E-state index contributed by atoms with van der Waals surface area (Å²) in [4.78, 5) is 22.4. The summed E-state index contributed by atoms with van der Waals surface area (Å²) >= 11 is 0. The van der Waals surface area contributed by atoms with E-state index in [2.05, 4.69) is 40.7 Å². The lowest BCUT2D eigenvalue weighted by atomic mass is 9.47. The molecule has 10 heteroatoms. The summed E-state index contributed by atoms with van der Waals surface area (Å²) in [5.41, 5.74) is 1.59. The van der Waals surface area contributed by atoms with E-state index in [9.17, 15) is 14.3 Å². The summed E-state index contributed by atoms with van der Waals surface area (Å²) < 4.78 is 44.3. The van der Waals surface area contributed by atoms with E-state index in [0.717, 1.165) is 67.6 Å². The highest BCUT2D eigenvalue weighted by Crippen LogP contribution is 2.67. The number of fused-ring (bicyclic) bond motifs is 5. The Bertz CT molecular complexity index is 1180. The van der Waals surface area contributed by atoms with Crippen LogP contribution in [0.1, 0.15) is 145 Å². The van der Waals surface area contributed by atoms with E-state index < -0.39 is 13.4 Å². The van der Waals surface area contributed by atoms with Crippen LogP contribution in [0, 0.1) is 46.3 Å². The van der Waals surface area contributed by atoms with Crippen molar-refractivity contribution in [1.29, 1.82) is 0 Å². The number of carbonyl (C=O) groups excluding carboxylic acids is 1. The van der Waals surface area contributed by atoms with Crippen molar-refractivity contribution in [3.8, 4) is 0 Å². The van der Waals surface area contributed by atoms with Gasteiger partial charge in [-0.25, -0.2) is 4.57 Å². The number of rotatable bonds is 22. The van der Waals surface area contributed by atoms with Crippen LogP contribution >= 0.6 is 7.82 Å². The summed E-state index contributed by atoms with van der Waals surface area (Å²) in [6.07, 6.45) is 18.7. The average molecular weight is 755 g/mol. The van der Waals surface area contributed by atoms with Gasteiger partial charge >= 0.3 is 13.8 Å². The molecule has 1 N–H and O–H groups in total. The Morgan fingerprint density at radius 2 is 1.54 bits per heavy atom. The highest BCUT2D eigenvalue weighted by atomic mass is 31.2. The normalized spacial score (nSPS) is 32.0. The molecule has 0 heterocycles. The van der Waals surface area contributed by atoms with Crippen LogP contribution in [-0.4, -0.2) is 68.8 Å². The van der Waals surface area contributed by atoms with Gasteiger partial charge in [0.25, 0.3) is 0 Å². The number of carbonyl (C=O) groups is 1. The SMILES string of the molecule is CC(C)CCC[C@@H](C)C1CCC2C3CC=C4C[C@@H](OC(=O)CCCCOCCOCCOCCOP(=O)(O)OC(C)(C)C)CC[C@]4(C)C3CC[C@@]21C. The van der Waals surface area contributed by atoms with Crippen molar-refractivity contribution >= 4 is 13.8 Å². The second-order valence-electron chi connectivity index (χ2n) is 18.4. The maximum Gasteiger partial charge on any atom is 0.472 e. The number of hydrogen-bond donors (Lipinski definition) is 1. The number of phosphoric ester groups is 1. The molecule has 4 aliphatic carbocycles. The molecular formula is C42H75O9P. The van der Waals surface area contributed by atoms with E-state index >= 15 is 0 Å². The van der Waals surface area contributed by atoms with Crippen LogP contribution in [0.15, 0.2) is 11.6 Å². The van der Waals surface area contributed by atoms with Crippen molar-refractivity contribution in [2.45, 2.75) is 157 Å². The van der Waals surface area contributed by atoms with Gasteiger partial charge in [0, 0.05) is 19.4 Å². The maximum absolute atomic E-state index is 12.8. The smallest absolute Gasteiger partial charge is 0.462 e. The van der Waals surface area contributed by atoms with Crippen LogP contribution in [0.2, 0.25) is 0 Å². The highest BCUT2D eigenvalue weighted by Gasteiger charge is 2.59. The van der Waals surface area contributed by atoms with Gasteiger partial charge in [0.1, 0.15) is 6.10 Å². The van der Waals surface area contributed by atoms with Crippen LogP contribution in [0.5, 0.6) is 0 Å². The number of unbranched alkanes of at least 4 members (excludes halogenated alkanes) is 1. The third kappa shape index (κ3) is 12.6. The monoisotopic (exact) mass is 755 g/mol. The second-order valence-corrected chi connectivity index (χ2v) is 19.8. The molecule has 52 heavy (non-hydrogen) atoms. The van der Waals surface area contributed by atoms with E-state index in [1.807, 2.05) is 0 Å². The van der Waals surface area contributed by atoms with Gasteiger partial charge in [0.2, 0.25) is 0 Å². The molecule has 9 nitrogen and oxygen atoms in total. The first-order valence-electron chi connectivity index (χ1n) is 20.8. The molecule has 0 aromatic heterocycles.